The molecule has 130 valence electrons. The molecule has 0 aliphatic heterocycles. The minimum absolute atomic E-state index is 0.0111. The van der Waals surface area contributed by atoms with Crippen molar-refractivity contribution in [2.24, 2.45) is 5.92 Å². The number of benzene rings is 1. The standard InChI is InChI=1S/C19H27N3O2/c1-14(23)20-16-8-5-9-17(12-16)21-19(24)22(18-10-11-18)13-15-6-3-2-4-7-15/h5,8-9,12,15,18H,2-4,6-7,10-11,13H2,1H3,(H,20,23)(H,21,24). The van der Waals surface area contributed by atoms with Crippen molar-refractivity contribution in [2.75, 3.05) is 17.2 Å². The summed E-state index contributed by atoms with van der Waals surface area (Å²) in [5.74, 6) is 0.534. The van der Waals surface area contributed by atoms with Gasteiger partial charge in [-0.05, 0) is 49.8 Å². The van der Waals surface area contributed by atoms with E-state index in [0.29, 0.717) is 17.6 Å². The first-order valence-corrected chi connectivity index (χ1v) is 9.07. The summed E-state index contributed by atoms with van der Waals surface area (Å²) in [6, 6.07) is 7.70. The molecule has 0 saturated heterocycles. The molecule has 2 aliphatic carbocycles. The maximum Gasteiger partial charge on any atom is 0.322 e. The molecular formula is C19H27N3O2. The van der Waals surface area contributed by atoms with Gasteiger partial charge in [0, 0.05) is 30.9 Å². The predicted octanol–water partition coefficient (Wildman–Crippen LogP) is 4.22. The van der Waals surface area contributed by atoms with Crippen LogP contribution in [0.4, 0.5) is 16.2 Å². The van der Waals surface area contributed by atoms with Gasteiger partial charge in [-0.2, -0.15) is 0 Å². The summed E-state index contributed by atoms with van der Waals surface area (Å²) < 4.78 is 0. The molecule has 2 fully saturated rings. The van der Waals surface area contributed by atoms with Crippen LogP contribution < -0.4 is 10.6 Å². The van der Waals surface area contributed by atoms with Gasteiger partial charge in [-0.3, -0.25) is 4.79 Å². The quantitative estimate of drug-likeness (QED) is 0.849. The molecule has 0 heterocycles. The number of rotatable bonds is 5. The van der Waals surface area contributed by atoms with Crippen molar-refractivity contribution in [2.45, 2.75) is 57.9 Å². The molecule has 24 heavy (non-hydrogen) atoms. The molecule has 1 aromatic rings. The second kappa shape index (κ2) is 7.69. The van der Waals surface area contributed by atoms with Crippen LogP contribution in [0.1, 0.15) is 51.9 Å². The van der Waals surface area contributed by atoms with Crippen LogP contribution >= 0.6 is 0 Å². The van der Waals surface area contributed by atoms with Gasteiger partial charge in [0.2, 0.25) is 5.91 Å². The molecule has 5 heteroatoms. The molecule has 2 aliphatic rings. The normalized spacial score (nSPS) is 18.0. The van der Waals surface area contributed by atoms with Gasteiger partial charge >= 0.3 is 6.03 Å². The SMILES string of the molecule is CC(=O)Nc1cccc(NC(=O)N(CC2CCCCC2)C2CC2)c1. The van der Waals surface area contributed by atoms with Crippen LogP contribution in [0.25, 0.3) is 0 Å². The predicted molar refractivity (Wildman–Crippen MR) is 96.1 cm³/mol. The topological polar surface area (TPSA) is 61.4 Å². The summed E-state index contributed by atoms with van der Waals surface area (Å²) in [6.07, 6.45) is 8.65. The van der Waals surface area contributed by atoms with Crippen LogP contribution in [0.3, 0.4) is 0 Å². The Bertz CT molecular complexity index is 592. The largest absolute Gasteiger partial charge is 0.326 e. The highest BCUT2D eigenvalue weighted by Gasteiger charge is 2.34. The number of nitrogens with zero attached hydrogens (tertiary/aromatic N) is 1. The highest BCUT2D eigenvalue weighted by molar-refractivity contribution is 5.92. The van der Waals surface area contributed by atoms with Crippen LogP contribution in [0.5, 0.6) is 0 Å². The van der Waals surface area contributed by atoms with E-state index >= 15 is 0 Å². The van der Waals surface area contributed by atoms with E-state index in [1.807, 2.05) is 23.1 Å². The fourth-order valence-corrected chi connectivity index (χ4v) is 3.51. The van der Waals surface area contributed by atoms with Crippen molar-refractivity contribution < 1.29 is 9.59 Å². The lowest BCUT2D eigenvalue weighted by Crippen LogP contribution is -2.40. The third-order valence-electron chi connectivity index (χ3n) is 4.86. The highest BCUT2D eigenvalue weighted by atomic mass is 16.2. The van der Waals surface area contributed by atoms with E-state index in [2.05, 4.69) is 10.6 Å². The van der Waals surface area contributed by atoms with E-state index in [0.717, 1.165) is 25.1 Å². The Balaban J connectivity index is 1.61. The molecule has 0 bridgehead atoms. The van der Waals surface area contributed by atoms with E-state index in [4.69, 9.17) is 0 Å². The molecule has 2 N–H and O–H groups in total. The van der Waals surface area contributed by atoms with Crippen molar-refractivity contribution in [3.05, 3.63) is 24.3 Å². The number of carbonyl (C=O) groups is 2. The summed E-state index contributed by atoms with van der Waals surface area (Å²) in [4.78, 5) is 25.9. The van der Waals surface area contributed by atoms with Gasteiger partial charge in [-0.1, -0.05) is 25.3 Å². The van der Waals surface area contributed by atoms with Gasteiger partial charge in [0.05, 0.1) is 0 Å². The molecular weight excluding hydrogens is 302 g/mol. The van der Waals surface area contributed by atoms with Gasteiger partial charge in [0.1, 0.15) is 0 Å². The zero-order valence-corrected chi connectivity index (χ0v) is 14.4. The number of hydrogen-bond acceptors (Lipinski definition) is 2. The van der Waals surface area contributed by atoms with E-state index < -0.39 is 0 Å². The van der Waals surface area contributed by atoms with Gasteiger partial charge in [-0.15, -0.1) is 0 Å². The first-order chi connectivity index (χ1) is 11.6. The third kappa shape index (κ3) is 4.73. The fourth-order valence-electron chi connectivity index (χ4n) is 3.51. The second-order valence-corrected chi connectivity index (χ2v) is 7.08. The van der Waals surface area contributed by atoms with Crippen molar-refractivity contribution in [1.82, 2.24) is 4.90 Å². The Morgan fingerprint density at radius 2 is 1.71 bits per heavy atom. The average molecular weight is 329 g/mol. The number of hydrogen-bond donors (Lipinski definition) is 2. The zero-order chi connectivity index (χ0) is 16.9. The van der Waals surface area contributed by atoms with E-state index in [1.54, 1.807) is 6.07 Å². The van der Waals surface area contributed by atoms with Gasteiger partial charge in [0.15, 0.2) is 0 Å². The molecule has 5 nitrogen and oxygen atoms in total. The summed E-state index contributed by atoms with van der Waals surface area (Å²) in [6.45, 7) is 2.35. The van der Waals surface area contributed by atoms with Crippen molar-refractivity contribution in [3.63, 3.8) is 0 Å². The maximum absolute atomic E-state index is 12.7. The first kappa shape index (κ1) is 16.8. The lowest BCUT2D eigenvalue weighted by atomic mass is 9.89. The Hall–Kier alpha value is -2.04. The van der Waals surface area contributed by atoms with Crippen LogP contribution in [-0.2, 0) is 4.79 Å². The summed E-state index contributed by atoms with van der Waals surface area (Å²) in [5.41, 5.74) is 1.42. The van der Waals surface area contributed by atoms with Crippen molar-refractivity contribution >= 4 is 23.3 Å². The number of anilines is 2. The second-order valence-electron chi connectivity index (χ2n) is 7.08. The lowest BCUT2D eigenvalue weighted by molar-refractivity contribution is -0.114. The summed E-state index contributed by atoms with van der Waals surface area (Å²) >= 11 is 0. The van der Waals surface area contributed by atoms with Crippen molar-refractivity contribution in [1.29, 1.82) is 0 Å². The van der Waals surface area contributed by atoms with Crippen LogP contribution in [0.2, 0.25) is 0 Å². The lowest BCUT2D eigenvalue weighted by Gasteiger charge is -2.30. The smallest absolute Gasteiger partial charge is 0.322 e. The highest BCUT2D eigenvalue weighted by Crippen LogP contribution is 2.32. The number of carbonyl (C=O) groups excluding carboxylic acids is 2. The Morgan fingerprint density at radius 1 is 1.04 bits per heavy atom. The Morgan fingerprint density at radius 3 is 2.33 bits per heavy atom. The molecule has 0 aromatic heterocycles. The average Bonchev–Trinajstić information content (AvgIpc) is 3.38. The molecule has 0 atom stereocenters. The zero-order valence-electron chi connectivity index (χ0n) is 14.4. The maximum atomic E-state index is 12.7. The minimum atomic E-state index is -0.115. The van der Waals surface area contributed by atoms with Gasteiger partial charge in [-0.25, -0.2) is 4.79 Å². The fraction of sp³-hybridized carbons (Fsp3) is 0.579. The van der Waals surface area contributed by atoms with Gasteiger partial charge in [0.25, 0.3) is 0 Å². The summed E-state index contributed by atoms with van der Waals surface area (Å²) in [7, 11) is 0. The monoisotopic (exact) mass is 329 g/mol. The Kier molecular flexibility index (Phi) is 5.38. The molecule has 2 saturated carbocycles. The van der Waals surface area contributed by atoms with E-state index in [-0.39, 0.29) is 11.9 Å². The molecule has 0 radical (unpaired) electrons. The molecule has 3 amide bonds. The molecule has 3 rings (SSSR count). The molecule has 0 spiro atoms. The van der Waals surface area contributed by atoms with E-state index in [1.165, 1.54) is 39.0 Å². The first-order valence-electron chi connectivity index (χ1n) is 9.07. The minimum Gasteiger partial charge on any atom is -0.326 e. The van der Waals surface area contributed by atoms with Crippen molar-refractivity contribution in [3.8, 4) is 0 Å². The number of urea groups is 1. The molecule has 1 aromatic carbocycles. The van der Waals surface area contributed by atoms with Crippen LogP contribution in [0.15, 0.2) is 24.3 Å². The summed E-state index contributed by atoms with van der Waals surface area (Å²) in [5, 5.41) is 5.75. The number of nitrogens with one attached hydrogen (secondary N) is 2. The van der Waals surface area contributed by atoms with Crippen LogP contribution in [-0.4, -0.2) is 29.4 Å². The molecule has 0 unspecified atom stereocenters. The number of amides is 3. The van der Waals surface area contributed by atoms with Gasteiger partial charge < -0.3 is 15.5 Å². The third-order valence-corrected chi connectivity index (χ3v) is 4.86. The van der Waals surface area contributed by atoms with Crippen LogP contribution in [0, 0.1) is 5.92 Å². The Labute approximate surface area is 143 Å². The van der Waals surface area contributed by atoms with E-state index in [9.17, 15) is 9.59 Å².